The lowest BCUT2D eigenvalue weighted by Crippen LogP contribution is -2.45. The lowest BCUT2D eigenvalue weighted by atomic mass is 10.0. The second-order valence-electron chi connectivity index (χ2n) is 7.44. The molecular formula is C22H25N7O. The van der Waals surface area contributed by atoms with E-state index in [-0.39, 0.29) is 5.78 Å². The first-order chi connectivity index (χ1) is 14.6. The summed E-state index contributed by atoms with van der Waals surface area (Å²) < 4.78 is 0. The highest BCUT2D eigenvalue weighted by molar-refractivity contribution is 5.98. The zero-order chi connectivity index (χ0) is 20.9. The van der Waals surface area contributed by atoms with Gasteiger partial charge in [-0.15, -0.1) is 0 Å². The maximum absolute atomic E-state index is 12.7. The first kappa shape index (κ1) is 19.9. The van der Waals surface area contributed by atoms with E-state index in [9.17, 15) is 4.79 Å². The second-order valence-corrected chi connectivity index (χ2v) is 7.44. The van der Waals surface area contributed by atoms with Crippen molar-refractivity contribution in [3.8, 4) is 0 Å². The number of aromatic nitrogens is 4. The largest absolute Gasteiger partial charge is 0.338 e. The van der Waals surface area contributed by atoms with E-state index >= 15 is 0 Å². The first-order valence-corrected chi connectivity index (χ1v) is 10.0. The number of benzene rings is 1. The van der Waals surface area contributed by atoms with E-state index in [1.807, 2.05) is 37.3 Å². The van der Waals surface area contributed by atoms with Crippen LogP contribution in [0.2, 0.25) is 0 Å². The molecular weight excluding hydrogens is 378 g/mol. The van der Waals surface area contributed by atoms with Crippen LogP contribution in [-0.4, -0.2) is 63.8 Å². The Kier molecular flexibility index (Phi) is 5.94. The van der Waals surface area contributed by atoms with Gasteiger partial charge in [0.2, 0.25) is 11.9 Å². The van der Waals surface area contributed by atoms with Crippen molar-refractivity contribution < 1.29 is 4.79 Å². The summed E-state index contributed by atoms with van der Waals surface area (Å²) in [7, 11) is 2.11. The second kappa shape index (κ2) is 8.96. The fourth-order valence-corrected chi connectivity index (χ4v) is 3.34. The number of Topliss-reactive ketones (excluding diaryl/α,β-unsaturated/α-hetero) is 1. The number of pyridine rings is 1. The highest BCUT2D eigenvalue weighted by atomic mass is 16.1. The molecule has 1 aliphatic heterocycles. The van der Waals surface area contributed by atoms with Gasteiger partial charge in [-0.3, -0.25) is 4.79 Å². The smallest absolute Gasteiger partial charge is 0.233 e. The zero-order valence-electron chi connectivity index (χ0n) is 17.2. The maximum Gasteiger partial charge on any atom is 0.233 e. The van der Waals surface area contributed by atoms with E-state index in [1.54, 1.807) is 18.3 Å². The summed E-state index contributed by atoms with van der Waals surface area (Å²) in [5, 5.41) is 3.13. The summed E-state index contributed by atoms with van der Waals surface area (Å²) in [5.74, 6) is 2.30. The van der Waals surface area contributed by atoms with Crippen LogP contribution in [0.15, 0.2) is 48.7 Å². The highest BCUT2D eigenvalue weighted by Crippen LogP contribution is 2.17. The molecule has 0 amide bonds. The molecule has 154 valence electrons. The molecule has 3 heterocycles. The maximum atomic E-state index is 12.7. The number of likely N-dealkylation sites (N-methyl/N-ethyl adjacent to an activating group) is 1. The van der Waals surface area contributed by atoms with E-state index < -0.39 is 0 Å². The van der Waals surface area contributed by atoms with Gasteiger partial charge in [-0.1, -0.05) is 30.3 Å². The summed E-state index contributed by atoms with van der Waals surface area (Å²) in [6.45, 7) is 5.54. The van der Waals surface area contributed by atoms with Gasteiger partial charge >= 0.3 is 0 Å². The van der Waals surface area contributed by atoms with Crippen LogP contribution in [0.5, 0.6) is 0 Å². The lowest BCUT2D eigenvalue weighted by Gasteiger charge is -2.32. The summed E-state index contributed by atoms with van der Waals surface area (Å²) in [6, 6.07) is 13.2. The molecule has 1 aliphatic rings. The van der Waals surface area contributed by atoms with Crippen LogP contribution in [0, 0.1) is 6.92 Å². The van der Waals surface area contributed by atoms with Crippen molar-refractivity contribution in [3.05, 3.63) is 65.6 Å². The Bertz CT molecular complexity index is 1020. The minimum absolute atomic E-state index is 0.0385. The molecule has 2 aromatic heterocycles. The summed E-state index contributed by atoms with van der Waals surface area (Å²) in [5.41, 5.74) is 1.58. The van der Waals surface area contributed by atoms with E-state index in [0.29, 0.717) is 35.5 Å². The quantitative estimate of drug-likeness (QED) is 0.628. The fraction of sp³-hybridized carbons (Fsp3) is 0.318. The third-order valence-electron chi connectivity index (χ3n) is 5.05. The van der Waals surface area contributed by atoms with Gasteiger partial charge in [0.25, 0.3) is 0 Å². The van der Waals surface area contributed by atoms with Crippen molar-refractivity contribution in [2.45, 2.75) is 13.3 Å². The average molecular weight is 403 g/mol. The Morgan fingerprint density at radius 2 is 1.80 bits per heavy atom. The molecule has 0 saturated carbocycles. The lowest BCUT2D eigenvalue weighted by molar-refractivity contribution is 0.0993. The number of rotatable bonds is 6. The molecule has 3 aromatic rings. The molecule has 1 saturated heterocycles. The Labute approximate surface area is 176 Å². The molecule has 1 fully saturated rings. The summed E-state index contributed by atoms with van der Waals surface area (Å²) >= 11 is 0. The zero-order valence-corrected chi connectivity index (χ0v) is 17.2. The molecule has 8 nitrogen and oxygen atoms in total. The molecule has 0 bridgehead atoms. The Morgan fingerprint density at radius 3 is 2.57 bits per heavy atom. The van der Waals surface area contributed by atoms with Crippen molar-refractivity contribution in [2.75, 3.05) is 43.4 Å². The van der Waals surface area contributed by atoms with Crippen LogP contribution in [0.3, 0.4) is 0 Å². The first-order valence-electron chi connectivity index (χ1n) is 10.0. The number of carbonyl (C=O) groups is 1. The predicted octanol–water partition coefficient (Wildman–Crippen LogP) is 2.50. The molecule has 1 N–H and O–H groups in total. The van der Waals surface area contributed by atoms with E-state index in [4.69, 9.17) is 0 Å². The van der Waals surface area contributed by atoms with Gasteiger partial charge in [0.15, 0.2) is 5.78 Å². The molecule has 0 radical (unpaired) electrons. The number of carbonyl (C=O) groups excluding carboxylic acids is 1. The van der Waals surface area contributed by atoms with Crippen molar-refractivity contribution in [2.24, 2.45) is 0 Å². The topological polar surface area (TPSA) is 87.1 Å². The number of ketones is 1. The third-order valence-corrected chi connectivity index (χ3v) is 5.05. The molecule has 0 aliphatic carbocycles. The van der Waals surface area contributed by atoms with E-state index in [1.165, 1.54) is 0 Å². The van der Waals surface area contributed by atoms with Crippen LogP contribution in [0.4, 0.5) is 17.7 Å². The van der Waals surface area contributed by atoms with Crippen LogP contribution in [0.25, 0.3) is 0 Å². The van der Waals surface area contributed by atoms with Gasteiger partial charge in [0, 0.05) is 44.4 Å². The average Bonchev–Trinajstić information content (AvgIpc) is 2.75. The Hall–Kier alpha value is -3.39. The van der Waals surface area contributed by atoms with Gasteiger partial charge in [0.05, 0.1) is 0 Å². The number of nitrogens with zero attached hydrogens (tertiary/aromatic N) is 6. The molecule has 0 unspecified atom stereocenters. The van der Waals surface area contributed by atoms with Crippen LogP contribution >= 0.6 is 0 Å². The number of hydrogen-bond donors (Lipinski definition) is 1. The fourth-order valence-electron chi connectivity index (χ4n) is 3.34. The van der Waals surface area contributed by atoms with Gasteiger partial charge in [-0.25, -0.2) is 4.98 Å². The minimum Gasteiger partial charge on any atom is -0.338 e. The number of hydrogen-bond acceptors (Lipinski definition) is 8. The van der Waals surface area contributed by atoms with E-state index in [2.05, 4.69) is 42.1 Å². The van der Waals surface area contributed by atoms with E-state index in [0.717, 1.165) is 31.7 Å². The monoisotopic (exact) mass is 403 g/mol. The summed E-state index contributed by atoms with van der Waals surface area (Å²) in [4.78, 5) is 34.9. The number of anilines is 3. The number of piperazine rings is 1. The van der Waals surface area contributed by atoms with Gasteiger partial charge in [-0.05, 0) is 31.7 Å². The predicted molar refractivity (Wildman–Crippen MR) is 116 cm³/mol. The van der Waals surface area contributed by atoms with Crippen LogP contribution in [0.1, 0.15) is 21.7 Å². The molecule has 0 spiro atoms. The van der Waals surface area contributed by atoms with Gasteiger partial charge < -0.3 is 15.1 Å². The van der Waals surface area contributed by atoms with Crippen molar-refractivity contribution in [1.82, 2.24) is 24.8 Å². The molecule has 1 aromatic carbocycles. The normalized spacial score (nSPS) is 14.5. The van der Waals surface area contributed by atoms with Crippen molar-refractivity contribution in [3.63, 3.8) is 0 Å². The third kappa shape index (κ3) is 4.96. The summed E-state index contributed by atoms with van der Waals surface area (Å²) in [6.07, 6.45) is 1.97. The molecule has 30 heavy (non-hydrogen) atoms. The van der Waals surface area contributed by atoms with Crippen LogP contribution < -0.4 is 10.2 Å². The molecule has 4 rings (SSSR count). The van der Waals surface area contributed by atoms with Gasteiger partial charge in [-0.2, -0.15) is 15.0 Å². The van der Waals surface area contributed by atoms with Crippen molar-refractivity contribution in [1.29, 1.82) is 0 Å². The van der Waals surface area contributed by atoms with Crippen LogP contribution in [-0.2, 0) is 6.42 Å². The number of nitrogens with one attached hydrogen (secondary N) is 1. The number of aryl methyl sites for hydroxylation is 1. The Balaban J connectivity index is 1.49. The standard InChI is InChI=1S/C22H25N7O/c1-16-24-21(27-22(25-16)29-12-10-28(2)11-13-29)26-20-15-18(8-9-23-20)19(30)14-17-6-4-3-5-7-17/h3-9,15H,10-14H2,1-2H3,(H,23,24,25,26,27). The minimum atomic E-state index is 0.0385. The van der Waals surface area contributed by atoms with Crippen molar-refractivity contribution >= 4 is 23.5 Å². The Morgan fingerprint density at radius 1 is 1.03 bits per heavy atom. The SMILES string of the molecule is Cc1nc(Nc2cc(C(=O)Cc3ccccc3)ccn2)nc(N2CCN(C)CC2)n1. The van der Waals surface area contributed by atoms with Gasteiger partial charge in [0.1, 0.15) is 11.6 Å². The molecule has 0 atom stereocenters. The highest BCUT2D eigenvalue weighted by Gasteiger charge is 2.18. The molecule has 8 heteroatoms.